The van der Waals surface area contributed by atoms with E-state index in [4.69, 9.17) is 9.47 Å². The molecule has 128 valence electrons. The van der Waals surface area contributed by atoms with Gasteiger partial charge in [-0.25, -0.2) is 0 Å². The zero-order chi connectivity index (χ0) is 16.7. The number of piperidine rings is 1. The number of ether oxygens (including phenoxy) is 2. The van der Waals surface area contributed by atoms with Gasteiger partial charge in [-0.15, -0.1) is 0 Å². The van der Waals surface area contributed by atoms with Crippen LogP contribution in [0.2, 0.25) is 0 Å². The van der Waals surface area contributed by atoms with E-state index in [-0.39, 0.29) is 5.91 Å². The first-order chi connectivity index (χ1) is 11.2. The summed E-state index contributed by atoms with van der Waals surface area (Å²) in [6.45, 7) is 5.42. The maximum atomic E-state index is 12.3. The van der Waals surface area contributed by atoms with Gasteiger partial charge >= 0.3 is 0 Å². The van der Waals surface area contributed by atoms with Crippen LogP contribution in [-0.2, 0) is 0 Å². The van der Waals surface area contributed by atoms with E-state index in [1.165, 1.54) is 25.8 Å². The SMILES string of the molecule is COc1ccc(C(=O)NCCC[NH+]2CCCC[C@H]2C)c(OC)c1. The molecule has 0 bridgehead atoms. The highest BCUT2D eigenvalue weighted by Crippen LogP contribution is 2.24. The van der Waals surface area contributed by atoms with Crippen LogP contribution >= 0.6 is 0 Å². The summed E-state index contributed by atoms with van der Waals surface area (Å²) >= 11 is 0. The van der Waals surface area contributed by atoms with Crippen LogP contribution in [0.4, 0.5) is 0 Å². The maximum Gasteiger partial charge on any atom is 0.255 e. The largest absolute Gasteiger partial charge is 0.497 e. The molecule has 2 N–H and O–H groups in total. The molecular weight excluding hydrogens is 292 g/mol. The second-order valence-corrected chi connectivity index (χ2v) is 6.23. The Kier molecular flexibility index (Phi) is 6.71. The standard InChI is InChI=1S/C18H28N2O3/c1-14-7-4-5-11-20(14)12-6-10-19-18(21)16-9-8-15(22-2)13-17(16)23-3/h8-9,13-14H,4-7,10-12H2,1-3H3,(H,19,21)/p+1/t14-/m1/s1. The molecule has 0 aromatic heterocycles. The van der Waals surface area contributed by atoms with Crippen molar-refractivity contribution in [2.45, 2.75) is 38.6 Å². The summed E-state index contributed by atoms with van der Waals surface area (Å²) in [4.78, 5) is 14.0. The normalized spacial score (nSPS) is 20.8. The fraction of sp³-hybridized carbons (Fsp3) is 0.611. The molecule has 23 heavy (non-hydrogen) atoms. The van der Waals surface area contributed by atoms with Crippen LogP contribution in [0.25, 0.3) is 0 Å². The predicted molar refractivity (Wildman–Crippen MR) is 90.5 cm³/mol. The Morgan fingerprint density at radius 3 is 2.83 bits per heavy atom. The summed E-state index contributed by atoms with van der Waals surface area (Å²) in [7, 11) is 3.16. The molecule has 0 aliphatic carbocycles. The molecule has 0 radical (unpaired) electrons. The molecule has 1 amide bonds. The third-order valence-corrected chi connectivity index (χ3v) is 4.70. The molecule has 1 saturated heterocycles. The molecule has 5 heteroatoms. The molecule has 1 aromatic carbocycles. The van der Waals surface area contributed by atoms with Crippen molar-refractivity contribution in [1.29, 1.82) is 0 Å². The number of nitrogens with one attached hydrogen (secondary N) is 2. The minimum atomic E-state index is -0.0915. The third kappa shape index (κ3) is 4.86. The average Bonchev–Trinajstić information content (AvgIpc) is 2.59. The van der Waals surface area contributed by atoms with Crippen molar-refractivity contribution in [2.24, 2.45) is 0 Å². The Morgan fingerprint density at radius 2 is 2.13 bits per heavy atom. The van der Waals surface area contributed by atoms with Gasteiger partial charge in [0.1, 0.15) is 11.5 Å². The van der Waals surface area contributed by atoms with Gasteiger partial charge in [-0.2, -0.15) is 0 Å². The number of hydrogen-bond donors (Lipinski definition) is 2. The molecule has 1 aliphatic rings. The van der Waals surface area contributed by atoms with E-state index in [9.17, 15) is 4.79 Å². The molecule has 1 aromatic rings. The number of hydrogen-bond acceptors (Lipinski definition) is 3. The molecular formula is C18H29N2O3+. The van der Waals surface area contributed by atoms with Crippen LogP contribution in [0.1, 0.15) is 43.0 Å². The van der Waals surface area contributed by atoms with Gasteiger partial charge in [-0.1, -0.05) is 0 Å². The molecule has 1 fully saturated rings. The van der Waals surface area contributed by atoms with E-state index in [0.717, 1.165) is 19.0 Å². The molecule has 1 heterocycles. The number of likely N-dealkylation sites (tertiary alicyclic amines) is 1. The smallest absolute Gasteiger partial charge is 0.255 e. The van der Waals surface area contributed by atoms with Crippen molar-refractivity contribution in [3.8, 4) is 11.5 Å². The lowest BCUT2D eigenvalue weighted by molar-refractivity contribution is -0.928. The first-order valence-electron chi connectivity index (χ1n) is 8.50. The minimum Gasteiger partial charge on any atom is -0.497 e. The van der Waals surface area contributed by atoms with Crippen molar-refractivity contribution < 1.29 is 19.2 Å². The van der Waals surface area contributed by atoms with E-state index in [0.29, 0.717) is 23.6 Å². The Balaban J connectivity index is 1.80. The predicted octanol–water partition coefficient (Wildman–Crippen LogP) is 1.28. The Labute approximate surface area is 139 Å². The Bertz CT molecular complexity index is 519. The summed E-state index contributed by atoms with van der Waals surface area (Å²) < 4.78 is 10.4. The fourth-order valence-corrected chi connectivity index (χ4v) is 3.22. The number of benzene rings is 1. The first-order valence-corrected chi connectivity index (χ1v) is 8.50. The fourth-order valence-electron chi connectivity index (χ4n) is 3.22. The average molecular weight is 321 g/mol. The molecule has 2 atom stereocenters. The van der Waals surface area contributed by atoms with Crippen LogP contribution in [0.3, 0.4) is 0 Å². The second kappa shape index (κ2) is 8.77. The molecule has 1 aliphatic heterocycles. The lowest BCUT2D eigenvalue weighted by Crippen LogP contribution is -3.16. The van der Waals surface area contributed by atoms with Crippen molar-refractivity contribution >= 4 is 5.91 Å². The van der Waals surface area contributed by atoms with Gasteiger partial charge in [0.2, 0.25) is 0 Å². The highest BCUT2D eigenvalue weighted by molar-refractivity contribution is 5.97. The molecule has 2 rings (SSSR count). The van der Waals surface area contributed by atoms with Gasteiger partial charge in [0.15, 0.2) is 0 Å². The molecule has 0 spiro atoms. The maximum absolute atomic E-state index is 12.3. The summed E-state index contributed by atoms with van der Waals surface area (Å²) in [5, 5.41) is 2.99. The lowest BCUT2D eigenvalue weighted by atomic mass is 10.0. The van der Waals surface area contributed by atoms with Gasteiger partial charge in [-0.3, -0.25) is 4.79 Å². The quantitative estimate of drug-likeness (QED) is 0.744. The van der Waals surface area contributed by atoms with Crippen LogP contribution in [-0.4, -0.2) is 45.8 Å². The van der Waals surface area contributed by atoms with Crippen molar-refractivity contribution in [2.75, 3.05) is 33.9 Å². The van der Waals surface area contributed by atoms with Gasteiger partial charge in [0.05, 0.1) is 38.9 Å². The summed E-state index contributed by atoms with van der Waals surface area (Å²) in [6.07, 6.45) is 5.02. The number of methoxy groups -OCH3 is 2. The van der Waals surface area contributed by atoms with Gasteiger partial charge in [0, 0.05) is 19.0 Å². The molecule has 5 nitrogen and oxygen atoms in total. The van der Waals surface area contributed by atoms with Crippen LogP contribution < -0.4 is 19.7 Å². The Morgan fingerprint density at radius 1 is 1.30 bits per heavy atom. The van der Waals surface area contributed by atoms with Gasteiger partial charge in [-0.05, 0) is 38.3 Å². The van der Waals surface area contributed by atoms with Crippen molar-refractivity contribution in [3.63, 3.8) is 0 Å². The van der Waals surface area contributed by atoms with Crippen molar-refractivity contribution in [3.05, 3.63) is 23.8 Å². The van der Waals surface area contributed by atoms with E-state index in [1.54, 1.807) is 37.3 Å². The summed E-state index contributed by atoms with van der Waals surface area (Å²) in [5.41, 5.74) is 0.548. The minimum absolute atomic E-state index is 0.0915. The van der Waals surface area contributed by atoms with E-state index < -0.39 is 0 Å². The number of carbonyl (C=O) groups is 1. The van der Waals surface area contributed by atoms with E-state index in [1.807, 2.05) is 0 Å². The zero-order valence-electron chi connectivity index (χ0n) is 14.5. The van der Waals surface area contributed by atoms with Crippen molar-refractivity contribution in [1.82, 2.24) is 5.32 Å². The highest BCUT2D eigenvalue weighted by atomic mass is 16.5. The van der Waals surface area contributed by atoms with E-state index in [2.05, 4.69) is 12.2 Å². The van der Waals surface area contributed by atoms with Crippen LogP contribution in [0.15, 0.2) is 18.2 Å². The topological polar surface area (TPSA) is 52.0 Å². The Hall–Kier alpha value is -1.75. The van der Waals surface area contributed by atoms with E-state index >= 15 is 0 Å². The van der Waals surface area contributed by atoms with Crippen LogP contribution in [0.5, 0.6) is 11.5 Å². The summed E-state index contributed by atoms with van der Waals surface area (Å²) in [5.74, 6) is 1.13. The highest BCUT2D eigenvalue weighted by Gasteiger charge is 2.21. The lowest BCUT2D eigenvalue weighted by Gasteiger charge is -2.30. The number of rotatable bonds is 7. The molecule has 1 unspecified atom stereocenters. The first kappa shape index (κ1) is 17.6. The number of carbonyl (C=O) groups excluding carboxylic acids is 1. The number of quaternary nitrogens is 1. The second-order valence-electron chi connectivity index (χ2n) is 6.23. The van der Waals surface area contributed by atoms with Gasteiger partial charge in [0.25, 0.3) is 5.91 Å². The molecule has 0 saturated carbocycles. The number of amides is 1. The van der Waals surface area contributed by atoms with Gasteiger partial charge < -0.3 is 19.7 Å². The summed E-state index contributed by atoms with van der Waals surface area (Å²) in [6, 6.07) is 6.00. The third-order valence-electron chi connectivity index (χ3n) is 4.70. The monoisotopic (exact) mass is 321 g/mol. The van der Waals surface area contributed by atoms with Crippen LogP contribution in [0, 0.1) is 0 Å². The zero-order valence-corrected chi connectivity index (χ0v) is 14.5.